The highest BCUT2D eigenvalue weighted by molar-refractivity contribution is 6.06. The summed E-state index contributed by atoms with van der Waals surface area (Å²) in [5.41, 5.74) is 4.02. The van der Waals surface area contributed by atoms with Crippen molar-refractivity contribution < 1.29 is 23.5 Å². The maximum absolute atomic E-state index is 12.8. The zero-order valence-electron chi connectivity index (χ0n) is 16.6. The van der Waals surface area contributed by atoms with Crippen LogP contribution in [0.2, 0.25) is 0 Å². The van der Waals surface area contributed by atoms with E-state index in [9.17, 15) is 9.59 Å². The lowest BCUT2D eigenvalue weighted by atomic mass is 10.1. The average molecular weight is 417 g/mol. The summed E-state index contributed by atoms with van der Waals surface area (Å²) < 4.78 is 15.9. The molecule has 31 heavy (non-hydrogen) atoms. The van der Waals surface area contributed by atoms with E-state index in [1.54, 1.807) is 67.6 Å². The van der Waals surface area contributed by atoms with Crippen LogP contribution in [-0.4, -0.2) is 24.3 Å². The van der Waals surface area contributed by atoms with Gasteiger partial charge in [-0.1, -0.05) is 24.3 Å². The van der Waals surface area contributed by atoms with Gasteiger partial charge in [-0.2, -0.15) is 5.10 Å². The third kappa shape index (κ3) is 4.81. The van der Waals surface area contributed by atoms with Gasteiger partial charge in [-0.3, -0.25) is 9.59 Å². The van der Waals surface area contributed by atoms with Crippen LogP contribution >= 0.6 is 0 Å². The van der Waals surface area contributed by atoms with Crippen LogP contribution in [0.25, 0.3) is 6.08 Å². The van der Waals surface area contributed by atoms with E-state index in [1.807, 2.05) is 0 Å². The number of fused-ring (bicyclic) bond motifs is 1. The van der Waals surface area contributed by atoms with E-state index in [2.05, 4.69) is 15.8 Å². The molecular weight excluding hydrogens is 398 g/mol. The van der Waals surface area contributed by atoms with Crippen molar-refractivity contribution in [2.24, 2.45) is 5.10 Å². The molecule has 2 N–H and O–H groups in total. The van der Waals surface area contributed by atoms with Crippen molar-refractivity contribution in [2.45, 2.75) is 6.92 Å². The quantitative estimate of drug-likeness (QED) is 0.364. The lowest BCUT2D eigenvalue weighted by molar-refractivity contribution is -0.117. The molecule has 0 saturated heterocycles. The van der Waals surface area contributed by atoms with E-state index in [0.717, 1.165) is 0 Å². The Kier molecular flexibility index (Phi) is 5.79. The third-order valence-electron chi connectivity index (χ3n) is 4.44. The van der Waals surface area contributed by atoms with Gasteiger partial charge in [0.2, 0.25) is 6.79 Å². The number of furan rings is 1. The van der Waals surface area contributed by atoms with Gasteiger partial charge in [-0.25, -0.2) is 5.43 Å². The molecule has 1 aromatic heterocycles. The number of hydrazone groups is 1. The minimum atomic E-state index is -0.590. The minimum Gasteiger partial charge on any atom is -0.463 e. The highest BCUT2D eigenvalue weighted by Gasteiger charge is 2.17. The van der Waals surface area contributed by atoms with Crippen LogP contribution in [0.3, 0.4) is 0 Å². The molecule has 2 heterocycles. The number of rotatable bonds is 6. The Morgan fingerprint density at radius 3 is 2.58 bits per heavy atom. The summed E-state index contributed by atoms with van der Waals surface area (Å²) in [6.45, 7) is 1.84. The lowest BCUT2D eigenvalue weighted by Crippen LogP contribution is -2.33. The second-order valence-electron chi connectivity index (χ2n) is 6.61. The topological polar surface area (TPSA) is 102 Å². The Labute approximate surface area is 178 Å². The lowest BCUT2D eigenvalue weighted by Gasteiger charge is -2.10. The van der Waals surface area contributed by atoms with Gasteiger partial charge in [-0.05, 0) is 55.0 Å². The largest absolute Gasteiger partial charge is 0.463 e. The molecular formula is C23H19N3O5. The Bertz CT molecular complexity index is 1150. The van der Waals surface area contributed by atoms with Gasteiger partial charge in [0, 0.05) is 5.56 Å². The summed E-state index contributed by atoms with van der Waals surface area (Å²) in [4.78, 5) is 25.5. The predicted octanol–water partition coefficient (Wildman–Crippen LogP) is 3.32. The molecule has 2 aromatic carbocycles. The number of carbonyl (C=O) groups excluding carboxylic acids is 2. The van der Waals surface area contributed by atoms with Crippen molar-refractivity contribution in [3.63, 3.8) is 0 Å². The molecule has 0 fully saturated rings. The van der Waals surface area contributed by atoms with Crippen LogP contribution in [-0.2, 0) is 4.79 Å². The van der Waals surface area contributed by atoms with Gasteiger partial charge in [-0.15, -0.1) is 0 Å². The predicted molar refractivity (Wildman–Crippen MR) is 114 cm³/mol. The number of benzene rings is 2. The van der Waals surface area contributed by atoms with Crippen molar-refractivity contribution in [3.8, 4) is 11.5 Å². The monoisotopic (exact) mass is 417 g/mol. The smallest absolute Gasteiger partial charge is 0.287 e. The summed E-state index contributed by atoms with van der Waals surface area (Å²) in [5, 5.41) is 6.71. The molecule has 0 radical (unpaired) electrons. The average Bonchev–Trinajstić information content (AvgIpc) is 3.49. The van der Waals surface area contributed by atoms with Gasteiger partial charge in [0.1, 0.15) is 17.2 Å². The number of carbonyl (C=O) groups is 2. The molecule has 0 unspecified atom stereocenters. The Hall–Kier alpha value is -4.33. The molecule has 0 aliphatic carbocycles. The summed E-state index contributed by atoms with van der Waals surface area (Å²) in [7, 11) is 0. The van der Waals surface area contributed by atoms with Gasteiger partial charge >= 0.3 is 0 Å². The molecule has 3 aromatic rings. The van der Waals surface area contributed by atoms with E-state index in [1.165, 1.54) is 12.3 Å². The highest BCUT2D eigenvalue weighted by Crippen LogP contribution is 2.33. The van der Waals surface area contributed by atoms with Crippen molar-refractivity contribution in [1.29, 1.82) is 0 Å². The van der Waals surface area contributed by atoms with Gasteiger partial charge in [0.25, 0.3) is 11.8 Å². The molecule has 0 saturated carbocycles. The van der Waals surface area contributed by atoms with E-state index in [4.69, 9.17) is 13.9 Å². The number of hydrogen-bond donors (Lipinski definition) is 2. The molecule has 2 amide bonds. The van der Waals surface area contributed by atoms with Crippen LogP contribution in [0, 0.1) is 0 Å². The molecule has 8 nitrogen and oxygen atoms in total. The third-order valence-corrected chi connectivity index (χ3v) is 4.44. The van der Waals surface area contributed by atoms with E-state index in [0.29, 0.717) is 34.1 Å². The van der Waals surface area contributed by atoms with Crippen LogP contribution in [0.1, 0.15) is 28.6 Å². The molecule has 0 spiro atoms. The fourth-order valence-corrected chi connectivity index (χ4v) is 2.85. The molecule has 156 valence electrons. The SMILES string of the molecule is CC(=NNC(=O)C(=Cc1ccc2c(c1)OCO2)NC(=O)c1ccccc1)c1ccco1. The Morgan fingerprint density at radius 1 is 1.00 bits per heavy atom. The number of ether oxygens (including phenoxy) is 2. The zero-order valence-corrected chi connectivity index (χ0v) is 16.6. The summed E-state index contributed by atoms with van der Waals surface area (Å²) in [5.74, 6) is 0.696. The minimum absolute atomic E-state index is 0.0173. The summed E-state index contributed by atoms with van der Waals surface area (Å²) in [6.07, 6.45) is 3.05. The molecule has 4 rings (SSSR count). The number of amides is 2. The van der Waals surface area contributed by atoms with Crippen molar-refractivity contribution in [3.05, 3.63) is 89.5 Å². The fourth-order valence-electron chi connectivity index (χ4n) is 2.85. The van der Waals surface area contributed by atoms with Crippen LogP contribution in [0.4, 0.5) is 0 Å². The van der Waals surface area contributed by atoms with E-state index >= 15 is 0 Å². The Morgan fingerprint density at radius 2 is 1.81 bits per heavy atom. The van der Waals surface area contributed by atoms with E-state index < -0.39 is 11.8 Å². The first kappa shape index (κ1) is 20.0. The number of hydrogen-bond acceptors (Lipinski definition) is 6. The van der Waals surface area contributed by atoms with Crippen LogP contribution < -0.4 is 20.2 Å². The summed E-state index contributed by atoms with van der Waals surface area (Å²) >= 11 is 0. The first-order chi connectivity index (χ1) is 15.1. The van der Waals surface area contributed by atoms with Crippen molar-refractivity contribution in [1.82, 2.24) is 10.7 Å². The van der Waals surface area contributed by atoms with Gasteiger partial charge in [0.05, 0.1) is 6.26 Å². The fraction of sp³-hybridized carbons (Fsp3) is 0.0870. The second kappa shape index (κ2) is 9.00. The van der Waals surface area contributed by atoms with Crippen molar-refractivity contribution in [2.75, 3.05) is 6.79 Å². The molecule has 1 aliphatic heterocycles. The second-order valence-corrected chi connectivity index (χ2v) is 6.61. The standard InChI is InChI=1S/C23H19N3O5/c1-15(19-8-5-11-29-19)25-26-23(28)18(24-22(27)17-6-3-2-4-7-17)12-16-9-10-20-21(13-16)31-14-30-20/h2-13H,14H2,1H3,(H,24,27)(H,26,28). The molecule has 1 aliphatic rings. The molecule has 0 bridgehead atoms. The number of nitrogens with zero attached hydrogens (tertiary/aromatic N) is 1. The maximum Gasteiger partial charge on any atom is 0.287 e. The van der Waals surface area contributed by atoms with Gasteiger partial charge < -0.3 is 19.2 Å². The molecule has 0 atom stereocenters. The first-order valence-corrected chi connectivity index (χ1v) is 9.46. The number of nitrogens with one attached hydrogen (secondary N) is 2. The first-order valence-electron chi connectivity index (χ1n) is 9.46. The Balaban J connectivity index is 1.59. The van der Waals surface area contributed by atoms with Gasteiger partial charge in [0.15, 0.2) is 11.5 Å². The highest BCUT2D eigenvalue weighted by atomic mass is 16.7. The summed E-state index contributed by atoms with van der Waals surface area (Å²) in [6, 6.07) is 17.3. The maximum atomic E-state index is 12.8. The normalized spacial score (nSPS) is 13.1. The van der Waals surface area contributed by atoms with Crippen LogP contribution in [0.5, 0.6) is 11.5 Å². The van der Waals surface area contributed by atoms with E-state index in [-0.39, 0.29) is 12.5 Å². The van der Waals surface area contributed by atoms with Crippen molar-refractivity contribution >= 4 is 23.6 Å². The van der Waals surface area contributed by atoms with Crippen LogP contribution in [0.15, 0.2) is 82.1 Å². The zero-order chi connectivity index (χ0) is 21.6. The molecule has 8 heteroatoms.